The maximum absolute atomic E-state index is 12.4. The van der Waals surface area contributed by atoms with Gasteiger partial charge in [-0.2, -0.15) is 0 Å². The van der Waals surface area contributed by atoms with Crippen LogP contribution >= 0.6 is 0 Å². The number of furan rings is 1. The lowest BCUT2D eigenvalue weighted by Crippen LogP contribution is -2.46. The lowest BCUT2D eigenvalue weighted by Gasteiger charge is -2.35. The molecule has 27 heavy (non-hydrogen) atoms. The Kier molecular flexibility index (Phi) is 5.16. The van der Waals surface area contributed by atoms with Gasteiger partial charge < -0.3 is 20.0 Å². The Morgan fingerprint density at radius 2 is 2.11 bits per heavy atom. The first-order valence-electron chi connectivity index (χ1n) is 9.09. The molecule has 138 valence electrons. The number of nitrogens with one attached hydrogen (secondary N) is 2. The van der Waals surface area contributed by atoms with Crippen LogP contribution in [0.5, 0.6) is 0 Å². The molecule has 1 aliphatic rings. The molecule has 0 radical (unpaired) electrons. The van der Waals surface area contributed by atoms with E-state index in [1.807, 2.05) is 24.3 Å². The third-order valence-corrected chi connectivity index (χ3v) is 4.72. The molecule has 0 saturated carbocycles. The van der Waals surface area contributed by atoms with Crippen LogP contribution in [0.2, 0.25) is 0 Å². The molecule has 3 aromatic rings. The van der Waals surface area contributed by atoms with Crippen LogP contribution in [-0.2, 0) is 6.54 Å². The average Bonchev–Trinajstić information content (AvgIpc) is 3.26. The number of piperazine rings is 1. The fourth-order valence-electron chi connectivity index (χ4n) is 3.30. The lowest BCUT2D eigenvalue weighted by molar-refractivity contribution is 0.0943. The van der Waals surface area contributed by atoms with E-state index in [1.165, 1.54) is 5.56 Å². The highest BCUT2D eigenvalue weighted by molar-refractivity contribution is 5.93. The summed E-state index contributed by atoms with van der Waals surface area (Å²) in [6, 6.07) is 18.1. The van der Waals surface area contributed by atoms with Gasteiger partial charge in [-0.05, 0) is 29.8 Å². The zero-order valence-corrected chi connectivity index (χ0v) is 15.0. The predicted molar refractivity (Wildman–Crippen MR) is 104 cm³/mol. The van der Waals surface area contributed by atoms with Crippen molar-refractivity contribution < 1.29 is 9.21 Å². The van der Waals surface area contributed by atoms with Crippen LogP contribution in [0.15, 0.2) is 71.5 Å². The Morgan fingerprint density at radius 3 is 2.93 bits per heavy atom. The maximum atomic E-state index is 12.4. The number of rotatable bonds is 5. The SMILES string of the molecule is O=C(NCc1ccco1)c1cc(N2CCN[C@@H](c3ccccc3)C2)ccn1. The van der Waals surface area contributed by atoms with Gasteiger partial charge in [0.05, 0.1) is 12.8 Å². The number of benzene rings is 1. The van der Waals surface area contributed by atoms with Gasteiger partial charge in [0.15, 0.2) is 0 Å². The molecule has 2 aromatic heterocycles. The molecule has 1 aromatic carbocycles. The third-order valence-electron chi connectivity index (χ3n) is 4.72. The van der Waals surface area contributed by atoms with Crippen LogP contribution in [0.3, 0.4) is 0 Å². The van der Waals surface area contributed by atoms with Crippen LogP contribution in [0.1, 0.15) is 27.9 Å². The summed E-state index contributed by atoms with van der Waals surface area (Å²) in [4.78, 5) is 18.9. The molecule has 1 aliphatic heterocycles. The van der Waals surface area contributed by atoms with Crippen molar-refractivity contribution in [2.24, 2.45) is 0 Å². The van der Waals surface area contributed by atoms with E-state index < -0.39 is 0 Å². The first kappa shape index (κ1) is 17.3. The van der Waals surface area contributed by atoms with Crippen molar-refractivity contribution in [2.75, 3.05) is 24.5 Å². The minimum Gasteiger partial charge on any atom is -0.467 e. The molecular formula is C21H22N4O2. The number of carbonyl (C=O) groups is 1. The Bertz CT molecular complexity index is 880. The average molecular weight is 362 g/mol. The number of pyridine rings is 1. The first-order valence-corrected chi connectivity index (χ1v) is 9.09. The smallest absolute Gasteiger partial charge is 0.270 e. The van der Waals surface area contributed by atoms with E-state index in [9.17, 15) is 4.79 Å². The molecule has 6 nitrogen and oxygen atoms in total. The topological polar surface area (TPSA) is 70.4 Å². The van der Waals surface area contributed by atoms with Crippen LogP contribution in [0.4, 0.5) is 5.69 Å². The van der Waals surface area contributed by atoms with Gasteiger partial charge in [-0.1, -0.05) is 30.3 Å². The summed E-state index contributed by atoms with van der Waals surface area (Å²) in [6.07, 6.45) is 3.28. The molecule has 0 spiro atoms. The summed E-state index contributed by atoms with van der Waals surface area (Å²) in [5, 5.41) is 6.40. The van der Waals surface area contributed by atoms with Crippen LogP contribution in [0, 0.1) is 0 Å². The standard InChI is InChI=1S/C21H22N4O2/c26-21(24-14-18-7-4-12-27-18)19-13-17(8-9-22-19)25-11-10-23-20(15-25)16-5-2-1-3-6-16/h1-9,12-13,20,23H,10-11,14-15H2,(H,24,26)/t20-/m1/s1. The number of hydrogen-bond acceptors (Lipinski definition) is 5. The van der Waals surface area contributed by atoms with Gasteiger partial charge in [-0.15, -0.1) is 0 Å². The largest absolute Gasteiger partial charge is 0.467 e. The third kappa shape index (κ3) is 4.17. The number of hydrogen-bond donors (Lipinski definition) is 2. The van der Waals surface area contributed by atoms with Gasteiger partial charge in [-0.25, -0.2) is 0 Å². The number of anilines is 1. The predicted octanol–water partition coefficient (Wildman–Crippen LogP) is 2.76. The summed E-state index contributed by atoms with van der Waals surface area (Å²) in [5.41, 5.74) is 2.69. The molecule has 4 rings (SSSR count). The molecule has 0 unspecified atom stereocenters. The number of aromatic nitrogens is 1. The van der Waals surface area contributed by atoms with E-state index in [0.717, 1.165) is 25.3 Å². The van der Waals surface area contributed by atoms with Crippen molar-refractivity contribution in [1.82, 2.24) is 15.6 Å². The minimum atomic E-state index is -0.206. The van der Waals surface area contributed by atoms with Gasteiger partial charge in [0.1, 0.15) is 11.5 Å². The Hall–Kier alpha value is -3.12. The molecule has 1 atom stereocenters. The summed E-state index contributed by atoms with van der Waals surface area (Å²) < 4.78 is 5.24. The van der Waals surface area contributed by atoms with E-state index in [2.05, 4.69) is 44.8 Å². The Balaban J connectivity index is 1.44. The molecule has 2 N–H and O–H groups in total. The fraction of sp³-hybridized carbons (Fsp3) is 0.238. The second kappa shape index (κ2) is 8.05. The summed E-state index contributed by atoms with van der Waals surface area (Å²) in [7, 11) is 0. The van der Waals surface area contributed by atoms with E-state index in [-0.39, 0.29) is 11.9 Å². The quantitative estimate of drug-likeness (QED) is 0.730. The van der Waals surface area contributed by atoms with Crippen molar-refractivity contribution in [2.45, 2.75) is 12.6 Å². The molecule has 3 heterocycles. The molecule has 6 heteroatoms. The zero-order valence-electron chi connectivity index (χ0n) is 15.0. The van der Waals surface area contributed by atoms with Crippen molar-refractivity contribution in [1.29, 1.82) is 0 Å². The molecular weight excluding hydrogens is 340 g/mol. The van der Waals surface area contributed by atoms with Crippen LogP contribution in [-0.4, -0.2) is 30.5 Å². The molecule has 0 bridgehead atoms. The lowest BCUT2D eigenvalue weighted by atomic mass is 10.0. The molecule has 1 amide bonds. The first-order chi connectivity index (χ1) is 13.3. The second-order valence-electron chi connectivity index (χ2n) is 6.52. The Labute approximate surface area is 158 Å². The van der Waals surface area contributed by atoms with Crippen LogP contribution < -0.4 is 15.5 Å². The Morgan fingerprint density at radius 1 is 1.22 bits per heavy atom. The van der Waals surface area contributed by atoms with Gasteiger partial charge in [-0.3, -0.25) is 9.78 Å². The summed E-state index contributed by atoms with van der Waals surface area (Å²) in [5.74, 6) is 0.510. The zero-order chi connectivity index (χ0) is 18.5. The van der Waals surface area contributed by atoms with E-state index in [0.29, 0.717) is 18.0 Å². The highest BCUT2D eigenvalue weighted by Crippen LogP contribution is 2.22. The van der Waals surface area contributed by atoms with Gasteiger partial charge in [0.2, 0.25) is 0 Å². The van der Waals surface area contributed by atoms with E-state index in [4.69, 9.17) is 4.42 Å². The van der Waals surface area contributed by atoms with Gasteiger partial charge >= 0.3 is 0 Å². The number of amides is 1. The molecule has 0 aliphatic carbocycles. The summed E-state index contributed by atoms with van der Waals surface area (Å²) in [6.45, 7) is 2.98. The van der Waals surface area contributed by atoms with Crippen molar-refractivity contribution in [3.05, 3.63) is 84.1 Å². The van der Waals surface area contributed by atoms with Crippen LogP contribution in [0.25, 0.3) is 0 Å². The monoisotopic (exact) mass is 362 g/mol. The second-order valence-corrected chi connectivity index (χ2v) is 6.52. The molecule has 1 saturated heterocycles. The van der Waals surface area contributed by atoms with Gasteiger partial charge in [0.25, 0.3) is 5.91 Å². The fourth-order valence-corrected chi connectivity index (χ4v) is 3.30. The number of carbonyl (C=O) groups excluding carboxylic acids is 1. The minimum absolute atomic E-state index is 0.206. The highest BCUT2D eigenvalue weighted by Gasteiger charge is 2.21. The highest BCUT2D eigenvalue weighted by atomic mass is 16.3. The van der Waals surface area contributed by atoms with Crippen molar-refractivity contribution >= 4 is 11.6 Å². The van der Waals surface area contributed by atoms with Crippen molar-refractivity contribution in [3.8, 4) is 0 Å². The van der Waals surface area contributed by atoms with Crippen molar-refractivity contribution in [3.63, 3.8) is 0 Å². The maximum Gasteiger partial charge on any atom is 0.270 e. The van der Waals surface area contributed by atoms with E-state index >= 15 is 0 Å². The molecule has 1 fully saturated rings. The van der Waals surface area contributed by atoms with Gasteiger partial charge in [0, 0.05) is 37.6 Å². The normalized spacial score (nSPS) is 16.9. The number of nitrogens with zero attached hydrogens (tertiary/aromatic N) is 2. The summed E-state index contributed by atoms with van der Waals surface area (Å²) >= 11 is 0. The van der Waals surface area contributed by atoms with E-state index in [1.54, 1.807) is 18.5 Å².